The van der Waals surface area contributed by atoms with E-state index in [0.29, 0.717) is 17.9 Å². The average molecular weight is 399 g/mol. The zero-order valence-electron chi connectivity index (χ0n) is 16.4. The second-order valence-electron chi connectivity index (χ2n) is 9.25. The Morgan fingerprint density at radius 2 is 1.07 bits per heavy atom. The lowest BCUT2D eigenvalue weighted by molar-refractivity contribution is -0.318. The summed E-state index contributed by atoms with van der Waals surface area (Å²) in [5.41, 5.74) is 12.1. The number of hydrogen-bond acceptors (Lipinski definition) is 8. The summed E-state index contributed by atoms with van der Waals surface area (Å²) in [4.78, 5) is 0. The minimum Gasteiger partial charge on any atom is -0.394 e. The molecule has 2 saturated carbocycles. The summed E-state index contributed by atoms with van der Waals surface area (Å²) in [6, 6.07) is 0.572. The normalized spacial score (nSPS) is 54.3. The summed E-state index contributed by atoms with van der Waals surface area (Å²) in [7, 11) is 0. The number of fused-ring (bicyclic) bond motifs is 3. The Bertz CT molecular complexity index is 537. The molecule has 0 bridgehead atoms. The summed E-state index contributed by atoms with van der Waals surface area (Å²) in [6.07, 6.45) is 5.65. The molecule has 5 aliphatic rings. The van der Waals surface area contributed by atoms with Crippen molar-refractivity contribution < 1.29 is 28.8 Å². The zero-order chi connectivity index (χ0) is 19.3. The Morgan fingerprint density at radius 1 is 0.571 bits per heavy atom. The van der Waals surface area contributed by atoms with Crippen molar-refractivity contribution in [1.82, 2.24) is 0 Å². The van der Waals surface area contributed by atoms with E-state index < -0.39 is 12.4 Å². The minimum absolute atomic E-state index is 0.101. The van der Waals surface area contributed by atoms with Gasteiger partial charge in [-0.05, 0) is 51.4 Å². The second-order valence-corrected chi connectivity index (χ2v) is 9.25. The van der Waals surface area contributed by atoms with Gasteiger partial charge in [-0.3, -0.25) is 0 Å². The molecule has 0 spiro atoms. The largest absolute Gasteiger partial charge is 0.394 e. The van der Waals surface area contributed by atoms with Crippen molar-refractivity contribution in [1.29, 1.82) is 0 Å². The predicted octanol–water partition coefficient (Wildman–Crippen LogP) is 0.590. The van der Waals surface area contributed by atoms with Crippen LogP contribution in [-0.2, 0) is 23.7 Å². The van der Waals surface area contributed by atoms with Crippen LogP contribution in [0.5, 0.6) is 0 Å². The standard InChI is InChI=1S/C20H34N2O6/c21-12-5-1-10(2-6-12)18-24-14(9-23)15-16(26-18)17-20(25-15)28-19(27-17)11-3-7-13(22)8-4-11/h10-20,23H,1-9,21-22H2. The number of nitrogens with two attached hydrogens (primary N) is 2. The third-order valence-electron chi connectivity index (χ3n) is 7.32. The maximum absolute atomic E-state index is 9.87. The molecular formula is C20H34N2O6. The number of hydrogen-bond donors (Lipinski definition) is 3. The molecule has 0 aromatic rings. The smallest absolute Gasteiger partial charge is 0.190 e. The molecule has 3 heterocycles. The molecule has 0 aromatic heterocycles. The molecule has 5 rings (SSSR count). The van der Waals surface area contributed by atoms with Gasteiger partial charge in [-0.1, -0.05) is 0 Å². The molecule has 5 fully saturated rings. The molecule has 0 radical (unpaired) electrons. The molecule has 8 nitrogen and oxygen atoms in total. The van der Waals surface area contributed by atoms with Gasteiger partial charge in [-0.2, -0.15) is 0 Å². The van der Waals surface area contributed by atoms with Crippen molar-refractivity contribution in [3.8, 4) is 0 Å². The van der Waals surface area contributed by atoms with Gasteiger partial charge in [0.15, 0.2) is 18.9 Å². The Kier molecular flexibility index (Phi) is 5.66. The molecule has 160 valence electrons. The van der Waals surface area contributed by atoms with Crippen molar-refractivity contribution >= 4 is 0 Å². The Labute approximate surface area is 166 Å². The Morgan fingerprint density at radius 3 is 1.64 bits per heavy atom. The first-order valence-corrected chi connectivity index (χ1v) is 11.0. The van der Waals surface area contributed by atoms with E-state index in [1.807, 2.05) is 0 Å². The summed E-state index contributed by atoms with van der Waals surface area (Å²) in [5, 5.41) is 9.87. The van der Waals surface area contributed by atoms with E-state index in [9.17, 15) is 5.11 Å². The van der Waals surface area contributed by atoms with Gasteiger partial charge >= 0.3 is 0 Å². The summed E-state index contributed by atoms with van der Waals surface area (Å²) in [6.45, 7) is -0.101. The average Bonchev–Trinajstić information content (AvgIpc) is 3.27. The first kappa shape index (κ1) is 19.6. The van der Waals surface area contributed by atoms with Gasteiger partial charge in [0.2, 0.25) is 0 Å². The fourth-order valence-corrected chi connectivity index (χ4v) is 5.54. The summed E-state index contributed by atoms with van der Waals surface area (Å²) in [5.74, 6) is 0.656. The lowest BCUT2D eigenvalue weighted by atomic mass is 9.85. The molecule has 2 aliphatic carbocycles. The first-order chi connectivity index (χ1) is 13.6. The van der Waals surface area contributed by atoms with Crippen molar-refractivity contribution in [2.75, 3.05) is 6.61 Å². The van der Waals surface area contributed by atoms with E-state index in [4.69, 9.17) is 35.2 Å². The number of aliphatic hydroxyl groups is 1. The summed E-state index contributed by atoms with van der Waals surface area (Å²) < 4.78 is 31.0. The maximum atomic E-state index is 9.87. The monoisotopic (exact) mass is 398 g/mol. The highest BCUT2D eigenvalue weighted by Gasteiger charge is 2.59. The number of aliphatic hydroxyl groups excluding tert-OH is 1. The van der Waals surface area contributed by atoms with Gasteiger partial charge in [0, 0.05) is 23.9 Å². The van der Waals surface area contributed by atoms with E-state index in [0.717, 1.165) is 51.4 Å². The summed E-state index contributed by atoms with van der Waals surface area (Å²) >= 11 is 0. The lowest BCUT2D eigenvalue weighted by Crippen LogP contribution is -2.55. The molecule has 3 saturated heterocycles. The van der Waals surface area contributed by atoms with Crippen molar-refractivity contribution in [3.05, 3.63) is 0 Å². The molecule has 7 unspecified atom stereocenters. The van der Waals surface area contributed by atoms with E-state index in [-0.39, 0.29) is 43.5 Å². The van der Waals surface area contributed by atoms with Gasteiger partial charge in [-0.25, -0.2) is 0 Å². The van der Waals surface area contributed by atoms with Crippen LogP contribution in [0.4, 0.5) is 0 Å². The van der Waals surface area contributed by atoms with Crippen LogP contribution < -0.4 is 11.5 Å². The van der Waals surface area contributed by atoms with Gasteiger partial charge < -0.3 is 40.3 Å². The minimum atomic E-state index is -0.452. The Balaban J connectivity index is 1.25. The van der Waals surface area contributed by atoms with Crippen LogP contribution in [0.2, 0.25) is 0 Å². The van der Waals surface area contributed by atoms with E-state index in [1.165, 1.54) is 0 Å². The highest BCUT2D eigenvalue weighted by atomic mass is 16.8. The SMILES string of the molecule is NC1CCC(C2OC3OC4C(CO)OC(C5CCC(N)CC5)OC4C3O2)CC1. The number of rotatable bonds is 3. The topological polar surface area (TPSA) is 118 Å². The maximum Gasteiger partial charge on any atom is 0.190 e. The quantitative estimate of drug-likeness (QED) is 0.632. The van der Waals surface area contributed by atoms with E-state index in [2.05, 4.69) is 0 Å². The van der Waals surface area contributed by atoms with Crippen LogP contribution in [0.3, 0.4) is 0 Å². The van der Waals surface area contributed by atoms with Gasteiger partial charge in [0.05, 0.1) is 6.61 Å². The van der Waals surface area contributed by atoms with Crippen LogP contribution in [0, 0.1) is 11.8 Å². The van der Waals surface area contributed by atoms with Crippen LogP contribution in [0.25, 0.3) is 0 Å². The van der Waals surface area contributed by atoms with Crippen molar-refractivity contribution in [2.45, 2.75) is 107 Å². The van der Waals surface area contributed by atoms with Gasteiger partial charge in [0.25, 0.3) is 0 Å². The third kappa shape index (κ3) is 3.63. The van der Waals surface area contributed by atoms with Gasteiger partial charge in [-0.15, -0.1) is 0 Å². The fourth-order valence-electron chi connectivity index (χ4n) is 5.54. The molecule has 0 amide bonds. The third-order valence-corrected chi connectivity index (χ3v) is 7.32. The van der Waals surface area contributed by atoms with E-state index >= 15 is 0 Å². The number of ether oxygens (including phenoxy) is 5. The molecule has 0 aromatic carbocycles. The van der Waals surface area contributed by atoms with Crippen LogP contribution >= 0.6 is 0 Å². The van der Waals surface area contributed by atoms with Crippen molar-refractivity contribution in [2.24, 2.45) is 23.3 Å². The van der Waals surface area contributed by atoms with Crippen molar-refractivity contribution in [3.63, 3.8) is 0 Å². The molecule has 3 aliphatic heterocycles. The molecule has 28 heavy (non-hydrogen) atoms. The van der Waals surface area contributed by atoms with Gasteiger partial charge in [0.1, 0.15) is 24.4 Å². The predicted molar refractivity (Wildman–Crippen MR) is 98.9 cm³/mol. The molecular weight excluding hydrogens is 364 g/mol. The van der Waals surface area contributed by atoms with E-state index in [1.54, 1.807) is 0 Å². The molecule has 7 atom stereocenters. The fraction of sp³-hybridized carbons (Fsp3) is 1.00. The molecule has 5 N–H and O–H groups in total. The Hall–Kier alpha value is -0.320. The first-order valence-electron chi connectivity index (χ1n) is 11.0. The highest BCUT2D eigenvalue weighted by Crippen LogP contribution is 2.44. The van der Waals surface area contributed by atoms with Crippen LogP contribution in [0.1, 0.15) is 51.4 Å². The second kappa shape index (κ2) is 8.07. The lowest BCUT2D eigenvalue weighted by Gasteiger charge is -2.43. The molecule has 8 heteroatoms. The van der Waals surface area contributed by atoms with Crippen LogP contribution in [0.15, 0.2) is 0 Å². The highest BCUT2D eigenvalue weighted by molar-refractivity contribution is 4.99. The van der Waals surface area contributed by atoms with Crippen LogP contribution in [-0.4, -0.2) is 67.1 Å². The zero-order valence-corrected chi connectivity index (χ0v) is 16.4.